The number of nitriles is 1. The first kappa shape index (κ1) is 13.2. The SMILES string of the molecule is COc1cc(C)cc(C)c1C(C#N)c1nccn1C. The van der Waals surface area contributed by atoms with E-state index in [-0.39, 0.29) is 0 Å². The molecule has 2 rings (SSSR count). The van der Waals surface area contributed by atoms with Gasteiger partial charge in [-0.25, -0.2) is 4.98 Å². The molecule has 0 N–H and O–H groups in total. The van der Waals surface area contributed by atoms with Gasteiger partial charge in [-0.1, -0.05) is 6.07 Å². The van der Waals surface area contributed by atoms with Gasteiger partial charge < -0.3 is 9.30 Å². The Hall–Kier alpha value is -2.28. The summed E-state index contributed by atoms with van der Waals surface area (Å²) in [6.45, 7) is 4.01. The number of aromatic nitrogens is 2. The quantitative estimate of drug-likeness (QED) is 0.847. The van der Waals surface area contributed by atoms with E-state index < -0.39 is 5.92 Å². The molecule has 0 saturated heterocycles. The van der Waals surface area contributed by atoms with E-state index >= 15 is 0 Å². The summed E-state index contributed by atoms with van der Waals surface area (Å²) >= 11 is 0. The van der Waals surface area contributed by atoms with E-state index in [0.29, 0.717) is 0 Å². The molecule has 19 heavy (non-hydrogen) atoms. The molecule has 1 aromatic carbocycles. The number of ether oxygens (including phenoxy) is 1. The molecule has 0 radical (unpaired) electrons. The average molecular weight is 255 g/mol. The number of hydrogen-bond acceptors (Lipinski definition) is 3. The molecule has 0 aliphatic heterocycles. The predicted molar refractivity (Wildman–Crippen MR) is 73.1 cm³/mol. The maximum atomic E-state index is 9.53. The summed E-state index contributed by atoms with van der Waals surface area (Å²) in [5, 5.41) is 9.53. The molecular formula is C15H17N3O. The van der Waals surface area contributed by atoms with Gasteiger partial charge in [0.2, 0.25) is 0 Å². The van der Waals surface area contributed by atoms with Crippen LogP contribution in [0.4, 0.5) is 0 Å². The first-order chi connectivity index (χ1) is 9.08. The van der Waals surface area contributed by atoms with Crippen LogP contribution in [0.1, 0.15) is 28.4 Å². The molecule has 2 aromatic rings. The number of nitrogens with zero attached hydrogens (tertiary/aromatic N) is 3. The minimum absolute atomic E-state index is 0.421. The van der Waals surface area contributed by atoms with Crippen molar-refractivity contribution in [3.63, 3.8) is 0 Å². The number of benzene rings is 1. The summed E-state index contributed by atoms with van der Waals surface area (Å²) in [5.41, 5.74) is 3.06. The van der Waals surface area contributed by atoms with Crippen molar-refractivity contribution in [2.75, 3.05) is 7.11 Å². The van der Waals surface area contributed by atoms with Crippen molar-refractivity contribution in [1.29, 1.82) is 5.26 Å². The van der Waals surface area contributed by atoms with E-state index in [0.717, 1.165) is 28.3 Å². The topological polar surface area (TPSA) is 50.8 Å². The number of rotatable bonds is 3. The molecule has 0 aliphatic carbocycles. The monoisotopic (exact) mass is 255 g/mol. The fourth-order valence-corrected chi connectivity index (χ4v) is 2.39. The molecule has 1 unspecified atom stereocenters. The van der Waals surface area contributed by atoms with Gasteiger partial charge in [0.15, 0.2) is 0 Å². The number of aryl methyl sites for hydroxylation is 3. The highest BCUT2D eigenvalue weighted by Crippen LogP contribution is 2.34. The van der Waals surface area contributed by atoms with Gasteiger partial charge >= 0.3 is 0 Å². The molecule has 0 spiro atoms. The molecule has 0 bridgehead atoms. The Balaban J connectivity index is 2.63. The molecule has 4 nitrogen and oxygen atoms in total. The number of imidazole rings is 1. The summed E-state index contributed by atoms with van der Waals surface area (Å²) < 4.78 is 7.31. The molecule has 4 heteroatoms. The summed E-state index contributed by atoms with van der Waals surface area (Å²) in [4.78, 5) is 4.29. The number of methoxy groups -OCH3 is 1. The van der Waals surface area contributed by atoms with Gasteiger partial charge in [0.1, 0.15) is 17.5 Å². The molecule has 1 heterocycles. The summed E-state index contributed by atoms with van der Waals surface area (Å²) in [5.74, 6) is 1.05. The van der Waals surface area contributed by atoms with Crippen molar-refractivity contribution < 1.29 is 4.74 Å². The highest BCUT2D eigenvalue weighted by atomic mass is 16.5. The summed E-state index contributed by atoms with van der Waals surface area (Å²) in [6.07, 6.45) is 3.55. The summed E-state index contributed by atoms with van der Waals surface area (Å²) in [7, 11) is 3.52. The zero-order chi connectivity index (χ0) is 14.0. The maximum Gasteiger partial charge on any atom is 0.133 e. The zero-order valence-corrected chi connectivity index (χ0v) is 11.6. The highest BCUT2D eigenvalue weighted by Gasteiger charge is 2.23. The Bertz CT molecular complexity index is 637. The van der Waals surface area contributed by atoms with Gasteiger partial charge in [-0.2, -0.15) is 5.26 Å². The molecule has 0 saturated carbocycles. The van der Waals surface area contributed by atoms with E-state index in [1.54, 1.807) is 13.3 Å². The smallest absolute Gasteiger partial charge is 0.133 e. The van der Waals surface area contributed by atoms with E-state index in [1.807, 2.05) is 37.7 Å². The van der Waals surface area contributed by atoms with Crippen LogP contribution in [-0.4, -0.2) is 16.7 Å². The first-order valence-electron chi connectivity index (χ1n) is 6.10. The van der Waals surface area contributed by atoms with Crippen LogP contribution in [0.2, 0.25) is 0 Å². The van der Waals surface area contributed by atoms with Gasteiger partial charge in [0.05, 0.1) is 13.2 Å². The van der Waals surface area contributed by atoms with Crippen molar-refractivity contribution in [3.05, 3.63) is 47.0 Å². The third kappa shape index (κ3) is 2.32. The molecule has 1 aromatic heterocycles. The van der Waals surface area contributed by atoms with Crippen molar-refractivity contribution in [3.8, 4) is 11.8 Å². The minimum Gasteiger partial charge on any atom is -0.496 e. The molecule has 0 aliphatic rings. The lowest BCUT2D eigenvalue weighted by Gasteiger charge is -2.17. The fraction of sp³-hybridized carbons (Fsp3) is 0.333. The van der Waals surface area contributed by atoms with Gasteiger partial charge in [-0.15, -0.1) is 0 Å². The highest BCUT2D eigenvalue weighted by molar-refractivity contribution is 5.50. The molecule has 98 valence electrons. The Labute approximate surface area is 113 Å². The van der Waals surface area contributed by atoms with Gasteiger partial charge in [0, 0.05) is 25.0 Å². The van der Waals surface area contributed by atoms with Crippen LogP contribution in [0.25, 0.3) is 0 Å². The minimum atomic E-state index is -0.421. The molecular weight excluding hydrogens is 238 g/mol. The Morgan fingerprint density at radius 2 is 2.11 bits per heavy atom. The van der Waals surface area contributed by atoms with Gasteiger partial charge in [0.25, 0.3) is 0 Å². The Morgan fingerprint density at radius 3 is 2.63 bits per heavy atom. The van der Waals surface area contributed by atoms with E-state index in [4.69, 9.17) is 4.74 Å². The second kappa shape index (κ2) is 5.15. The standard InChI is InChI=1S/C15H17N3O/c1-10-7-11(2)14(13(8-10)19-4)12(9-16)15-17-5-6-18(15)3/h5-8,12H,1-4H3. The Kier molecular flexibility index (Phi) is 3.57. The maximum absolute atomic E-state index is 9.53. The van der Waals surface area contributed by atoms with Crippen molar-refractivity contribution in [2.24, 2.45) is 7.05 Å². The average Bonchev–Trinajstić information content (AvgIpc) is 2.78. The Morgan fingerprint density at radius 1 is 1.37 bits per heavy atom. The fourth-order valence-electron chi connectivity index (χ4n) is 2.39. The summed E-state index contributed by atoms with van der Waals surface area (Å²) in [6, 6.07) is 6.35. The predicted octanol–water partition coefficient (Wildman–Crippen LogP) is 2.70. The molecule has 1 atom stereocenters. The van der Waals surface area contributed by atoms with Crippen LogP contribution < -0.4 is 4.74 Å². The third-order valence-corrected chi connectivity index (χ3v) is 3.25. The first-order valence-corrected chi connectivity index (χ1v) is 6.10. The van der Waals surface area contributed by atoms with Crippen LogP contribution in [-0.2, 0) is 7.05 Å². The van der Waals surface area contributed by atoms with Crippen LogP contribution in [0.5, 0.6) is 5.75 Å². The van der Waals surface area contributed by atoms with Crippen LogP contribution in [0.3, 0.4) is 0 Å². The van der Waals surface area contributed by atoms with E-state index in [9.17, 15) is 5.26 Å². The van der Waals surface area contributed by atoms with Gasteiger partial charge in [-0.3, -0.25) is 0 Å². The van der Waals surface area contributed by atoms with Crippen LogP contribution in [0.15, 0.2) is 24.5 Å². The van der Waals surface area contributed by atoms with Crippen LogP contribution in [0, 0.1) is 25.2 Å². The van der Waals surface area contributed by atoms with E-state index in [1.165, 1.54) is 0 Å². The van der Waals surface area contributed by atoms with Crippen molar-refractivity contribution >= 4 is 0 Å². The molecule has 0 fully saturated rings. The third-order valence-electron chi connectivity index (χ3n) is 3.25. The second-order valence-electron chi connectivity index (χ2n) is 4.66. The zero-order valence-electron chi connectivity index (χ0n) is 11.6. The van der Waals surface area contributed by atoms with E-state index in [2.05, 4.69) is 17.1 Å². The lowest BCUT2D eigenvalue weighted by Crippen LogP contribution is -2.09. The second-order valence-corrected chi connectivity index (χ2v) is 4.66. The normalized spacial score (nSPS) is 11.9. The lowest BCUT2D eigenvalue weighted by atomic mass is 9.92. The largest absolute Gasteiger partial charge is 0.496 e. The van der Waals surface area contributed by atoms with Crippen LogP contribution >= 0.6 is 0 Å². The van der Waals surface area contributed by atoms with Crippen molar-refractivity contribution in [1.82, 2.24) is 9.55 Å². The van der Waals surface area contributed by atoms with Crippen molar-refractivity contribution in [2.45, 2.75) is 19.8 Å². The molecule has 0 amide bonds. The number of hydrogen-bond donors (Lipinski definition) is 0. The van der Waals surface area contributed by atoms with Gasteiger partial charge in [-0.05, 0) is 31.0 Å². The lowest BCUT2D eigenvalue weighted by molar-refractivity contribution is 0.408.